The Morgan fingerprint density at radius 2 is 2.25 bits per heavy atom. The van der Waals surface area contributed by atoms with Crippen LogP contribution < -0.4 is 0 Å². The summed E-state index contributed by atoms with van der Waals surface area (Å²) in [4.78, 5) is 29.3. The third-order valence-corrected chi connectivity index (χ3v) is 5.20. The Morgan fingerprint density at radius 3 is 2.96 bits per heavy atom. The molecule has 0 aliphatic heterocycles. The molecule has 2 aromatic heterocycles. The van der Waals surface area contributed by atoms with Crippen LogP contribution >= 0.6 is 27.3 Å². The van der Waals surface area contributed by atoms with E-state index in [-0.39, 0.29) is 12.4 Å². The molecule has 0 aliphatic rings. The topological polar surface area (TPSA) is 60.7 Å². The largest absolute Gasteiger partial charge is 0.466 e. The van der Waals surface area contributed by atoms with E-state index in [1.54, 1.807) is 17.5 Å². The number of ether oxygens (including phenoxy) is 1. The average Bonchev–Trinajstić information content (AvgIpc) is 3.06. The standard InChI is InChI=1S/C17H15BrN2O3S/c1-3-23-15(22)7-11-8-20-14(9-21)16(19-17(20)24-11)12-6-10(2)4-5-13(12)18/h4-6,8-9H,3,7H2,1-2H3. The molecule has 7 heteroatoms. The smallest absolute Gasteiger partial charge is 0.311 e. The van der Waals surface area contributed by atoms with E-state index in [1.807, 2.05) is 25.1 Å². The summed E-state index contributed by atoms with van der Waals surface area (Å²) < 4.78 is 7.57. The van der Waals surface area contributed by atoms with Crippen molar-refractivity contribution in [2.45, 2.75) is 20.3 Å². The number of benzene rings is 1. The highest BCUT2D eigenvalue weighted by Gasteiger charge is 2.19. The van der Waals surface area contributed by atoms with Crippen LogP contribution in [-0.4, -0.2) is 28.2 Å². The second kappa shape index (κ2) is 6.86. The van der Waals surface area contributed by atoms with Crippen molar-refractivity contribution in [3.05, 3.63) is 45.0 Å². The first-order valence-corrected chi connectivity index (χ1v) is 9.02. The van der Waals surface area contributed by atoms with Crippen LogP contribution in [0.1, 0.15) is 27.9 Å². The number of nitrogens with zero attached hydrogens (tertiary/aromatic N) is 2. The minimum absolute atomic E-state index is 0.184. The zero-order valence-electron chi connectivity index (χ0n) is 13.2. The molecule has 0 unspecified atom stereocenters. The van der Waals surface area contributed by atoms with Gasteiger partial charge in [-0.25, -0.2) is 4.98 Å². The molecule has 0 atom stereocenters. The number of aldehydes is 1. The molecule has 0 spiro atoms. The van der Waals surface area contributed by atoms with Crippen molar-refractivity contribution >= 4 is 44.5 Å². The highest BCUT2D eigenvalue weighted by atomic mass is 79.9. The molecule has 3 aromatic rings. The summed E-state index contributed by atoms with van der Waals surface area (Å²) in [5, 5.41) is 0. The normalized spacial score (nSPS) is 11.0. The van der Waals surface area contributed by atoms with Gasteiger partial charge in [-0.2, -0.15) is 0 Å². The van der Waals surface area contributed by atoms with Crippen molar-refractivity contribution in [2.24, 2.45) is 0 Å². The fourth-order valence-electron chi connectivity index (χ4n) is 2.48. The molecule has 0 bridgehead atoms. The number of esters is 1. The number of hydrogen-bond donors (Lipinski definition) is 0. The Hall–Kier alpha value is -1.99. The molecule has 0 fully saturated rings. The molecule has 24 heavy (non-hydrogen) atoms. The van der Waals surface area contributed by atoms with Gasteiger partial charge in [0.25, 0.3) is 0 Å². The molecule has 0 radical (unpaired) electrons. The van der Waals surface area contributed by atoms with Crippen LogP contribution in [0, 0.1) is 6.92 Å². The lowest BCUT2D eigenvalue weighted by molar-refractivity contribution is -0.142. The van der Waals surface area contributed by atoms with Gasteiger partial charge in [0.1, 0.15) is 11.4 Å². The summed E-state index contributed by atoms with van der Waals surface area (Å²) in [6, 6.07) is 5.92. The van der Waals surface area contributed by atoms with E-state index in [9.17, 15) is 9.59 Å². The number of halogens is 1. The summed E-state index contributed by atoms with van der Waals surface area (Å²) in [5.74, 6) is -0.281. The molecule has 0 saturated heterocycles. The quantitative estimate of drug-likeness (QED) is 0.473. The van der Waals surface area contributed by atoms with Crippen LogP contribution in [0.15, 0.2) is 28.9 Å². The van der Waals surface area contributed by atoms with E-state index in [0.717, 1.165) is 26.8 Å². The van der Waals surface area contributed by atoms with Gasteiger partial charge in [0.05, 0.1) is 13.0 Å². The number of hydrogen-bond acceptors (Lipinski definition) is 5. The Kier molecular flexibility index (Phi) is 4.82. The number of carbonyl (C=O) groups is 2. The Morgan fingerprint density at radius 1 is 1.46 bits per heavy atom. The van der Waals surface area contributed by atoms with Gasteiger partial charge in [-0.15, -0.1) is 11.3 Å². The van der Waals surface area contributed by atoms with Gasteiger partial charge in [0.2, 0.25) is 0 Å². The van der Waals surface area contributed by atoms with Crippen molar-refractivity contribution in [2.75, 3.05) is 6.61 Å². The Labute approximate surface area is 151 Å². The van der Waals surface area contributed by atoms with E-state index >= 15 is 0 Å². The number of imidazole rings is 1. The Bertz CT molecular complexity index is 929. The van der Waals surface area contributed by atoms with Crippen LogP contribution in [0.4, 0.5) is 0 Å². The van der Waals surface area contributed by atoms with E-state index in [0.29, 0.717) is 23.0 Å². The van der Waals surface area contributed by atoms with Gasteiger partial charge < -0.3 is 4.74 Å². The fraction of sp³-hybridized carbons (Fsp3) is 0.235. The van der Waals surface area contributed by atoms with Gasteiger partial charge in [0.15, 0.2) is 11.2 Å². The number of thiazole rings is 1. The lowest BCUT2D eigenvalue weighted by atomic mass is 10.1. The first kappa shape index (κ1) is 16.9. The SMILES string of the molecule is CCOC(=O)Cc1cn2c(C=O)c(-c3cc(C)ccc3Br)nc2s1. The van der Waals surface area contributed by atoms with E-state index in [2.05, 4.69) is 20.9 Å². The highest BCUT2D eigenvalue weighted by molar-refractivity contribution is 9.10. The van der Waals surface area contributed by atoms with Crippen molar-refractivity contribution in [1.82, 2.24) is 9.38 Å². The van der Waals surface area contributed by atoms with E-state index < -0.39 is 0 Å². The molecule has 0 amide bonds. The maximum absolute atomic E-state index is 11.6. The molecule has 2 heterocycles. The van der Waals surface area contributed by atoms with Crippen molar-refractivity contribution in [3.63, 3.8) is 0 Å². The predicted molar refractivity (Wildman–Crippen MR) is 96.7 cm³/mol. The molecular formula is C17H15BrN2O3S. The fourth-order valence-corrected chi connectivity index (χ4v) is 3.88. The van der Waals surface area contributed by atoms with Crippen LogP contribution in [0.25, 0.3) is 16.2 Å². The summed E-state index contributed by atoms with van der Waals surface area (Å²) >= 11 is 4.90. The number of rotatable bonds is 5. The summed E-state index contributed by atoms with van der Waals surface area (Å²) in [7, 11) is 0. The molecular weight excluding hydrogens is 392 g/mol. The maximum Gasteiger partial charge on any atom is 0.311 e. The van der Waals surface area contributed by atoms with Crippen LogP contribution in [0.2, 0.25) is 0 Å². The first-order valence-electron chi connectivity index (χ1n) is 7.41. The van der Waals surface area contributed by atoms with Crippen LogP contribution in [0.5, 0.6) is 0 Å². The molecule has 124 valence electrons. The third kappa shape index (κ3) is 3.14. The summed E-state index contributed by atoms with van der Waals surface area (Å²) in [6.45, 7) is 4.12. The van der Waals surface area contributed by atoms with Crippen molar-refractivity contribution in [3.8, 4) is 11.3 Å². The molecule has 0 aliphatic carbocycles. The average molecular weight is 407 g/mol. The van der Waals surface area contributed by atoms with E-state index in [4.69, 9.17) is 4.74 Å². The molecule has 1 aromatic carbocycles. The number of aromatic nitrogens is 2. The molecule has 5 nitrogen and oxygen atoms in total. The third-order valence-electron chi connectivity index (χ3n) is 3.52. The van der Waals surface area contributed by atoms with Crippen LogP contribution in [-0.2, 0) is 16.0 Å². The number of fused-ring (bicyclic) bond motifs is 1. The lowest BCUT2D eigenvalue weighted by Crippen LogP contribution is -2.06. The maximum atomic E-state index is 11.6. The van der Waals surface area contributed by atoms with Crippen molar-refractivity contribution in [1.29, 1.82) is 0 Å². The molecule has 3 rings (SSSR count). The van der Waals surface area contributed by atoms with Gasteiger partial charge in [-0.3, -0.25) is 14.0 Å². The zero-order valence-corrected chi connectivity index (χ0v) is 15.6. The number of carbonyl (C=O) groups excluding carboxylic acids is 2. The van der Waals surface area contributed by atoms with Crippen molar-refractivity contribution < 1.29 is 14.3 Å². The second-order valence-corrected chi connectivity index (χ2v) is 7.23. The second-order valence-electron chi connectivity index (χ2n) is 5.28. The summed E-state index contributed by atoms with van der Waals surface area (Å²) in [6.07, 6.45) is 2.76. The predicted octanol–water partition coefficient (Wildman–Crippen LogP) is 4.05. The van der Waals surface area contributed by atoms with Gasteiger partial charge in [-0.05, 0) is 26.0 Å². The first-order chi connectivity index (χ1) is 11.5. The van der Waals surface area contributed by atoms with Crippen LogP contribution in [0.3, 0.4) is 0 Å². The lowest BCUT2D eigenvalue weighted by Gasteiger charge is -2.04. The monoisotopic (exact) mass is 406 g/mol. The highest BCUT2D eigenvalue weighted by Crippen LogP contribution is 2.33. The molecule has 0 saturated carbocycles. The number of aryl methyl sites for hydroxylation is 1. The van der Waals surface area contributed by atoms with E-state index in [1.165, 1.54) is 11.3 Å². The van der Waals surface area contributed by atoms with Gasteiger partial charge >= 0.3 is 5.97 Å². The molecule has 0 N–H and O–H groups in total. The minimum Gasteiger partial charge on any atom is -0.466 e. The van der Waals surface area contributed by atoms with Gasteiger partial charge in [-0.1, -0.05) is 27.6 Å². The van der Waals surface area contributed by atoms with Gasteiger partial charge in [0, 0.05) is 21.1 Å². The minimum atomic E-state index is -0.281. The Balaban J connectivity index is 2.05. The summed E-state index contributed by atoms with van der Waals surface area (Å²) in [5.41, 5.74) is 3.07. The zero-order chi connectivity index (χ0) is 17.3.